The Morgan fingerprint density at radius 1 is 1.29 bits per heavy atom. The van der Waals surface area contributed by atoms with Crippen LogP contribution in [0.4, 0.5) is 0 Å². The normalized spacial score (nSPS) is 14.8. The lowest BCUT2D eigenvalue weighted by Gasteiger charge is -2.16. The Bertz CT molecular complexity index is 603. The van der Waals surface area contributed by atoms with Gasteiger partial charge in [0.15, 0.2) is 0 Å². The summed E-state index contributed by atoms with van der Waals surface area (Å²) in [5.41, 5.74) is 4.04. The van der Waals surface area contributed by atoms with Crippen molar-refractivity contribution in [3.05, 3.63) is 53.0 Å². The SMILES string of the molecule is CCc1occc1C(CCc1ccc2c(c1)CCO2)NC. The summed E-state index contributed by atoms with van der Waals surface area (Å²) in [7, 11) is 2.02. The van der Waals surface area contributed by atoms with E-state index in [-0.39, 0.29) is 0 Å². The minimum Gasteiger partial charge on any atom is -0.493 e. The van der Waals surface area contributed by atoms with E-state index in [0.717, 1.165) is 43.8 Å². The van der Waals surface area contributed by atoms with Crippen molar-refractivity contribution in [1.82, 2.24) is 5.32 Å². The molecule has 0 spiro atoms. The smallest absolute Gasteiger partial charge is 0.122 e. The fraction of sp³-hybridized carbons (Fsp3) is 0.444. The molecule has 1 aromatic heterocycles. The topological polar surface area (TPSA) is 34.4 Å². The molecule has 2 heterocycles. The summed E-state index contributed by atoms with van der Waals surface area (Å²) in [6, 6.07) is 9.04. The van der Waals surface area contributed by atoms with Crippen LogP contribution < -0.4 is 10.1 Å². The zero-order chi connectivity index (χ0) is 14.7. The molecule has 1 aliphatic heterocycles. The summed E-state index contributed by atoms with van der Waals surface area (Å²) >= 11 is 0. The van der Waals surface area contributed by atoms with Crippen LogP contribution in [0.3, 0.4) is 0 Å². The number of rotatable bonds is 6. The second-order valence-corrected chi connectivity index (χ2v) is 5.57. The molecule has 0 amide bonds. The van der Waals surface area contributed by atoms with Crippen molar-refractivity contribution >= 4 is 0 Å². The summed E-state index contributed by atoms with van der Waals surface area (Å²) in [5, 5.41) is 3.42. The Morgan fingerprint density at radius 2 is 2.19 bits per heavy atom. The number of ether oxygens (including phenoxy) is 1. The van der Waals surface area contributed by atoms with Gasteiger partial charge in [-0.3, -0.25) is 0 Å². The van der Waals surface area contributed by atoms with E-state index in [1.54, 1.807) is 6.26 Å². The molecule has 21 heavy (non-hydrogen) atoms. The van der Waals surface area contributed by atoms with Crippen molar-refractivity contribution < 1.29 is 9.15 Å². The molecular formula is C18H23NO2. The highest BCUT2D eigenvalue weighted by atomic mass is 16.5. The van der Waals surface area contributed by atoms with Gasteiger partial charge in [-0.2, -0.15) is 0 Å². The molecule has 112 valence electrons. The average Bonchev–Trinajstić information content (AvgIpc) is 3.16. The molecule has 1 aliphatic rings. The minimum absolute atomic E-state index is 0.350. The third-order valence-corrected chi connectivity index (χ3v) is 4.30. The van der Waals surface area contributed by atoms with Crippen LogP contribution in [0.5, 0.6) is 5.75 Å². The molecule has 1 atom stereocenters. The quantitative estimate of drug-likeness (QED) is 0.879. The first-order valence-electron chi connectivity index (χ1n) is 7.80. The van der Waals surface area contributed by atoms with Crippen molar-refractivity contribution in [1.29, 1.82) is 0 Å². The number of nitrogens with one attached hydrogen (secondary N) is 1. The predicted octanol–water partition coefficient (Wildman–Crippen LogP) is 3.67. The second-order valence-electron chi connectivity index (χ2n) is 5.57. The molecule has 1 unspecified atom stereocenters. The lowest BCUT2D eigenvalue weighted by atomic mass is 9.97. The zero-order valence-electron chi connectivity index (χ0n) is 12.8. The molecule has 3 nitrogen and oxygen atoms in total. The molecule has 0 aliphatic carbocycles. The Labute approximate surface area is 126 Å². The lowest BCUT2D eigenvalue weighted by molar-refractivity contribution is 0.357. The lowest BCUT2D eigenvalue weighted by Crippen LogP contribution is -2.17. The number of fused-ring (bicyclic) bond motifs is 1. The molecule has 1 aromatic carbocycles. The molecular weight excluding hydrogens is 262 g/mol. The van der Waals surface area contributed by atoms with Crippen molar-refractivity contribution in [2.45, 2.75) is 38.6 Å². The molecule has 1 N–H and O–H groups in total. The fourth-order valence-electron chi connectivity index (χ4n) is 3.11. The average molecular weight is 285 g/mol. The van der Waals surface area contributed by atoms with Crippen molar-refractivity contribution in [2.75, 3.05) is 13.7 Å². The van der Waals surface area contributed by atoms with Gasteiger partial charge in [0.2, 0.25) is 0 Å². The molecule has 0 bridgehead atoms. The van der Waals surface area contributed by atoms with Gasteiger partial charge in [-0.25, -0.2) is 0 Å². The van der Waals surface area contributed by atoms with Crippen molar-refractivity contribution in [3.63, 3.8) is 0 Å². The number of hydrogen-bond donors (Lipinski definition) is 1. The highest BCUT2D eigenvalue weighted by Crippen LogP contribution is 2.28. The van der Waals surface area contributed by atoms with E-state index < -0.39 is 0 Å². The number of aryl methyl sites for hydroxylation is 2. The monoisotopic (exact) mass is 285 g/mol. The van der Waals surface area contributed by atoms with Crippen LogP contribution in [0.2, 0.25) is 0 Å². The van der Waals surface area contributed by atoms with Crippen molar-refractivity contribution in [2.24, 2.45) is 0 Å². The summed E-state index contributed by atoms with van der Waals surface area (Å²) in [4.78, 5) is 0. The summed E-state index contributed by atoms with van der Waals surface area (Å²) in [5.74, 6) is 2.16. The molecule has 0 fully saturated rings. The zero-order valence-corrected chi connectivity index (χ0v) is 12.8. The number of benzene rings is 1. The maximum Gasteiger partial charge on any atom is 0.122 e. The fourth-order valence-corrected chi connectivity index (χ4v) is 3.11. The molecule has 0 saturated heterocycles. The largest absolute Gasteiger partial charge is 0.493 e. The molecule has 3 rings (SSSR count). The van der Waals surface area contributed by atoms with E-state index in [2.05, 4.69) is 36.5 Å². The summed E-state index contributed by atoms with van der Waals surface area (Å²) in [6.07, 6.45) is 5.91. The van der Waals surface area contributed by atoms with Crippen LogP contribution in [0.25, 0.3) is 0 Å². The summed E-state index contributed by atoms with van der Waals surface area (Å²) < 4.78 is 11.1. The minimum atomic E-state index is 0.350. The molecule has 0 saturated carbocycles. The molecule has 0 radical (unpaired) electrons. The first kappa shape index (κ1) is 14.2. The van der Waals surface area contributed by atoms with Crippen LogP contribution in [0.1, 0.15) is 41.8 Å². The van der Waals surface area contributed by atoms with Crippen LogP contribution >= 0.6 is 0 Å². The van der Waals surface area contributed by atoms with Gasteiger partial charge >= 0.3 is 0 Å². The van der Waals surface area contributed by atoms with Gasteiger partial charge in [0.1, 0.15) is 11.5 Å². The van der Waals surface area contributed by atoms with E-state index in [1.165, 1.54) is 16.7 Å². The number of hydrogen-bond acceptors (Lipinski definition) is 3. The molecule has 2 aromatic rings. The highest BCUT2D eigenvalue weighted by molar-refractivity contribution is 5.40. The van der Waals surface area contributed by atoms with Crippen LogP contribution in [0, 0.1) is 0 Å². The molecule has 3 heteroatoms. The summed E-state index contributed by atoms with van der Waals surface area (Å²) in [6.45, 7) is 2.96. The van der Waals surface area contributed by atoms with Crippen LogP contribution in [0.15, 0.2) is 34.9 Å². The van der Waals surface area contributed by atoms with Crippen LogP contribution in [-0.4, -0.2) is 13.7 Å². The van der Waals surface area contributed by atoms with Gasteiger partial charge in [0.05, 0.1) is 12.9 Å². The Morgan fingerprint density at radius 3 is 3.00 bits per heavy atom. The standard InChI is InChI=1S/C18H23NO2/c1-3-17-15(9-11-20-17)16(19-2)6-4-13-5-7-18-14(12-13)8-10-21-18/h5,7,9,11-12,16,19H,3-4,6,8,10H2,1-2H3. The first-order valence-corrected chi connectivity index (χ1v) is 7.80. The predicted molar refractivity (Wildman–Crippen MR) is 83.8 cm³/mol. The van der Waals surface area contributed by atoms with Gasteiger partial charge in [0.25, 0.3) is 0 Å². The van der Waals surface area contributed by atoms with E-state index in [0.29, 0.717) is 6.04 Å². The highest BCUT2D eigenvalue weighted by Gasteiger charge is 2.16. The Hall–Kier alpha value is -1.74. The van der Waals surface area contributed by atoms with Crippen molar-refractivity contribution in [3.8, 4) is 5.75 Å². The van der Waals surface area contributed by atoms with Crippen LogP contribution in [-0.2, 0) is 19.3 Å². The van der Waals surface area contributed by atoms with Gasteiger partial charge in [-0.1, -0.05) is 19.1 Å². The van der Waals surface area contributed by atoms with E-state index in [9.17, 15) is 0 Å². The van der Waals surface area contributed by atoms with E-state index in [1.807, 2.05) is 7.05 Å². The van der Waals surface area contributed by atoms with E-state index in [4.69, 9.17) is 9.15 Å². The Balaban J connectivity index is 1.68. The van der Waals surface area contributed by atoms with Gasteiger partial charge < -0.3 is 14.5 Å². The Kier molecular flexibility index (Phi) is 4.30. The first-order chi connectivity index (χ1) is 10.3. The maximum atomic E-state index is 5.56. The van der Waals surface area contributed by atoms with Gasteiger partial charge in [-0.15, -0.1) is 0 Å². The third kappa shape index (κ3) is 2.98. The van der Waals surface area contributed by atoms with Gasteiger partial charge in [-0.05, 0) is 43.1 Å². The maximum absolute atomic E-state index is 5.56. The number of furan rings is 1. The third-order valence-electron chi connectivity index (χ3n) is 4.30. The van der Waals surface area contributed by atoms with Gasteiger partial charge in [0, 0.05) is 24.4 Å². The van der Waals surface area contributed by atoms with E-state index >= 15 is 0 Å². The second kappa shape index (κ2) is 6.35.